The lowest BCUT2D eigenvalue weighted by atomic mass is 9.72. The zero-order chi connectivity index (χ0) is 68.3. The molecule has 6 aromatic carbocycles. The van der Waals surface area contributed by atoms with Gasteiger partial charge in [-0.3, -0.25) is 24.6 Å². The molecular weight excluding hydrogens is 1400 g/mol. The van der Waals surface area contributed by atoms with Crippen LogP contribution in [0.1, 0.15) is 114 Å². The molecule has 3 saturated heterocycles. The van der Waals surface area contributed by atoms with Crippen LogP contribution in [0, 0.1) is 5.82 Å². The van der Waals surface area contributed by atoms with Crippen molar-refractivity contribution in [1.29, 1.82) is 0 Å². The minimum atomic E-state index is -5.14. The number of piperidine rings is 2. The topological polar surface area (TPSA) is 139 Å². The van der Waals surface area contributed by atoms with E-state index in [1.54, 1.807) is 4.90 Å². The summed E-state index contributed by atoms with van der Waals surface area (Å²) in [6.45, 7) is 8.12. The first-order valence-corrected chi connectivity index (χ1v) is 33.9. The summed E-state index contributed by atoms with van der Waals surface area (Å²) in [6, 6.07) is 38.9. The molecule has 3 fully saturated rings. The first-order valence-electron chi connectivity index (χ1n) is 33.9. The average Bonchev–Trinajstić information content (AvgIpc) is 1.60. The second-order valence-corrected chi connectivity index (χ2v) is 26.7. The average molecular weight is 1490 g/mol. The summed E-state index contributed by atoms with van der Waals surface area (Å²) in [7, 11) is 3.70. The zero-order valence-corrected chi connectivity index (χ0v) is 60.1. The van der Waals surface area contributed by atoms with E-state index in [1.165, 1.54) is 46.5 Å². The molecule has 0 aromatic heterocycles. The highest BCUT2D eigenvalue weighted by molar-refractivity contribution is 5.95. The van der Waals surface area contributed by atoms with Crippen molar-refractivity contribution in [3.63, 3.8) is 0 Å². The van der Waals surface area contributed by atoms with E-state index >= 15 is 0 Å². The van der Waals surface area contributed by atoms with Crippen LogP contribution in [0.25, 0.3) is 11.1 Å². The van der Waals surface area contributed by atoms with E-state index < -0.39 is 59.2 Å². The van der Waals surface area contributed by atoms with Crippen LogP contribution in [-0.2, 0) is 66.6 Å². The normalized spacial score (nSPS) is 18.4. The van der Waals surface area contributed by atoms with Gasteiger partial charge in [-0.25, -0.2) is 9.18 Å². The van der Waals surface area contributed by atoms with Crippen molar-refractivity contribution in [2.45, 2.75) is 119 Å². The second kappa shape index (κ2) is 36.6. The van der Waals surface area contributed by atoms with Crippen molar-refractivity contribution < 1.29 is 64.1 Å². The van der Waals surface area contributed by atoms with E-state index in [9.17, 15) is 49.9 Å². The summed E-state index contributed by atoms with van der Waals surface area (Å²) >= 11 is 0. The molecule has 4 amide bonds. The molecule has 11 rings (SSSR count). The Morgan fingerprint density at radius 2 is 1.31 bits per heavy atom. The standard InChI is InChI=1S/C75H87F7N8O7.4ClH/c1-85(34-13-35-89-36-27-54-46-62(26-21-56(54)49-89)83-33-12-4-7-20-68(91)86(2)42-43-87-37-28-63(29-38-87)97-71(94)84-66-19-11-9-17-64(66)53-14-5-3-6-15-53)69(92)50-95-67-47-55-16-8-10-18-65(55)72(67)30-39-88(40-31-72)41-32-73(58-22-24-61(76)25-23-58)51-90(52-96-73)70(93)57-44-59(74(77,78)79)48-60(45-57)75(80,81)82;;;;/h3,5-6,8-11,14-19,21-26,44-46,48,63,67,83H,4,7,12-13,20,27-43,47,49-52H2,1-2H3,(H,84,94);4*1H/t67-,73-;;;;/m0..../s1. The van der Waals surface area contributed by atoms with Crippen LogP contribution >= 0.6 is 49.6 Å². The smallest absolute Gasteiger partial charge is 0.416 e. The Labute approximate surface area is 611 Å². The van der Waals surface area contributed by atoms with E-state index in [2.05, 4.69) is 55.7 Å². The number of amides is 4. The maximum absolute atomic E-state index is 14.3. The summed E-state index contributed by atoms with van der Waals surface area (Å²) in [5, 5.41) is 6.54. The van der Waals surface area contributed by atoms with Crippen molar-refractivity contribution in [2.75, 3.05) is 117 Å². The molecule has 0 unspecified atom stereocenters. The molecule has 1 spiro atoms. The first-order chi connectivity index (χ1) is 46.6. The minimum absolute atomic E-state index is 0. The Hall–Kier alpha value is -6.73. The van der Waals surface area contributed by atoms with Crippen LogP contribution in [0.15, 0.2) is 140 Å². The Morgan fingerprint density at radius 1 is 0.644 bits per heavy atom. The maximum Gasteiger partial charge on any atom is 0.416 e. The second-order valence-electron chi connectivity index (χ2n) is 26.7. The number of likely N-dealkylation sites (tertiary alicyclic amines) is 2. The zero-order valence-electron chi connectivity index (χ0n) is 56.8. The molecule has 4 aliphatic heterocycles. The number of para-hydroxylation sites is 1. The molecule has 0 saturated carbocycles. The summed E-state index contributed by atoms with van der Waals surface area (Å²) in [4.78, 5) is 65.1. The van der Waals surface area contributed by atoms with Gasteiger partial charge in [0.05, 0.1) is 29.5 Å². The quantitative estimate of drug-likeness (QED) is 0.0418. The molecule has 2 atom stereocenters. The Balaban J connectivity index is 0.00000358. The van der Waals surface area contributed by atoms with Crippen molar-refractivity contribution in [2.24, 2.45) is 0 Å². The van der Waals surface area contributed by atoms with Gasteiger partial charge in [0, 0.05) is 108 Å². The summed E-state index contributed by atoms with van der Waals surface area (Å²) < 4.78 is 116. The van der Waals surface area contributed by atoms with E-state index in [4.69, 9.17) is 14.2 Å². The van der Waals surface area contributed by atoms with Gasteiger partial charge < -0.3 is 44.0 Å². The molecular formula is C75H91Cl4F7N8O7. The van der Waals surface area contributed by atoms with Crippen LogP contribution in [0.3, 0.4) is 0 Å². The highest BCUT2D eigenvalue weighted by atomic mass is 35.5. The number of benzene rings is 6. The molecule has 550 valence electrons. The fraction of sp³-hybridized carbons (Fsp3) is 0.467. The maximum atomic E-state index is 14.3. The lowest BCUT2D eigenvalue weighted by Gasteiger charge is -2.44. The number of halogens is 11. The minimum Gasteiger partial charge on any atom is -0.446 e. The third-order valence-electron chi connectivity index (χ3n) is 20.3. The summed E-state index contributed by atoms with van der Waals surface area (Å²) in [6.07, 6.45) is -2.27. The number of likely N-dealkylation sites (N-methyl/N-ethyl adjacent to an activating group) is 2. The molecule has 2 N–H and O–H groups in total. The van der Waals surface area contributed by atoms with Gasteiger partial charge in [-0.1, -0.05) is 97.4 Å². The number of fused-ring (bicyclic) bond motifs is 3. The number of unbranched alkanes of at least 4 members (excludes halogenated alkanes) is 2. The number of hydrogen-bond acceptors (Lipinski definition) is 11. The lowest BCUT2D eigenvalue weighted by molar-refractivity contribution is -0.143. The highest BCUT2D eigenvalue weighted by Crippen LogP contribution is 2.49. The number of alkyl halides is 6. The van der Waals surface area contributed by atoms with Crippen LogP contribution in [-0.4, -0.2) is 171 Å². The van der Waals surface area contributed by atoms with E-state index in [1.807, 2.05) is 85.7 Å². The molecule has 6 aromatic rings. The van der Waals surface area contributed by atoms with Crippen LogP contribution < -0.4 is 10.6 Å². The number of hydrogen-bond donors (Lipinski definition) is 2. The Bertz CT molecular complexity index is 3670. The van der Waals surface area contributed by atoms with Gasteiger partial charge in [0.1, 0.15) is 30.9 Å². The van der Waals surface area contributed by atoms with Crippen LogP contribution in [0.2, 0.25) is 0 Å². The lowest BCUT2D eigenvalue weighted by Crippen LogP contribution is -2.50. The Kier molecular flexibility index (Phi) is 29.6. The SMILES string of the molecule is CN(CCN1CCC(OC(=O)Nc2ccccc2-c2ccccc2)CC1)C(=O)CCCCCNc1ccc2c(c1)CCN(CCCN(C)C(=O)CO[C@H]1Cc3ccccc3C13CCN(CC[C@@]1(c4ccc(F)cc4)CN(C(=O)c4cc(C(F)(F)F)cc(C(F)(F)F)c4)CO1)CC3)C2.Cl.Cl.Cl.Cl. The number of nitrogens with one attached hydrogen (secondary N) is 2. The summed E-state index contributed by atoms with van der Waals surface area (Å²) in [5.74, 6) is -1.51. The predicted octanol–water partition coefficient (Wildman–Crippen LogP) is 15.0. The van der Waals surface area contributed by atoms with Gasteiger partial charge in [0.15, 0.2) is 0 Å². The van der Waals surface area contributed by atoms with Gasteiger partial charge in [0.25, 0.3) is 5.91 Å². The van der Waals surface area contributed by atoms with Gasteiger partial charge in [-0.15, -0.1) is 49.6 Å². The molecule has 4 heterocycles. The van der Waals surface area contributed by atoms with Crippen LogP contribution in [0.5, 0.6) is 0 Å². The monoisotopic (exact) mass is 1490 g/mol. The number of carbonyl (C=O) groups is 4. The van der Waals surface area contributed by atoms with Gasteiger partial charge >= 0.3 is 18.4 Å². The number of nitrogens with zero attached hydrogens (tertiary/aromatic N) is 6. The van der Waals surface area contributed by atoms with E-state index in [0.717, 1.165) is 112 Å². The molecule has 101 heavy (non-hydrogen) atoms. The fourth-order valence-corrected chi connectivity index (χ4v) is 14.6. The largest absolute Gasteiger partial charge is 0.446 e. The predicted molar refractivity (Wildman–Crippen MR) is 386 cm³/mol. The highest BCUT2D eigenvalue weighted by Gasteiger charge is 2.50. The molecule has 15 nitrogen and oxygen atoms in total. The number of rotatable bonds is 25. The van der Waals surface area contributed by atoms with Crippen molar-refractivity contribution in [1.82, 2.24) is 29.4 Å². The number of ether oxygens (including phenoxy) is 3. The van der Waals surface area contributed by atoms with Crippen molar-refractivity contribution in [3.05, 3.63) is 190 Å². The van der Waals surface area contributed by atoms with Gasteiger partial charge in [-0.05, 0) is 159 Å². The third-order valence-corrected chi connectivity index (χ3v) is 20.3. The van der Waals surface area contributed by atoms with E-state index in [-0.39, 0.29) is 105 Å². The van der Waals surface area contributed by atoms with Gasteiger partial charge in [0.2, 0.25) is 11.8 Å². The van der Waals surface area contributed by atoms with Crippen molar-refractivity contribution in [3.8, 4) is 11.1 Å². The molecule has 1 aliphatic carbocycles. The fourth-order valence-electron chi connectivity index (χ4n) is 14.6. The first kappa shape index (κ1) is 81.6. The van der Waals surface area contributed by atoms with Gasteiger partial charge in [-0.2, -0.15) is 26.3 Å². The van der Waals surface area contributed by atoms with Crippen LogP contribution in [0.4, 0.5) is 46.9 Å². The Morgan fingerprint density at radius 3 is 2.02 bits per heavy atom. The van der Waals surface area contributed by atoms with Crippen molar-refractivity contribution >= 4 is 84.8 Å². The molecule has 26 heteroatoms. The number of carbonyl (C=O) groups excluding carboxylic acids is 4. The molecule has 0 bridgehead atoms. The third kappa shape index (κ3) is 20.8. The number of anilines is 2. The summed E-state index contributed by atoms with van der Waals surface area (Å²) in [5.41, 5.74) is 3.74. The van der Waals surface area contributed by atoms with E-state index in [0.29, 0.717) is 81.8 Å². The molecule has 0 radical (unpaired) electrons. The molecule has 5 aliphatic rings.